The van der Waals surface area contributed by atoms with E-state index in [-0.39, 0.29) is 5.41 Å². The van der Waals surface area contributed by atoms with Gasteiger partial charge in [-0.2, -0.15) is 0 Å². The lowest BCUT2D eigenvalue weighted by Crippen LogP contribution is -2.20. The standard InChI is InChI=1S/C17H21NO3S/c1-10-6-7-13(21-5)12(8-10)9-17(3,4)16-18-11(2)14(22-16)15(19)20/h6-8H,9H2,1-5H3,(H,19,20). The molecule has 0 saturated carbocycles. The first-order chi connectivity index (χ1) is 10.2. The van der Waals surface area contributed by atoms with Gasteiger partial charge in [-0.25, -0.2) is 9.78 Å². The maximum atomic E-state index is 11.2. The van der Waals surface area contributed by atoms with Gasteiger partial charge in [0.1, 0.15) is 10.6 Å². The van der Waals surface area contributed by atoms with Crippen molar-refractivity contribution >= 4 is 17.3 Å². The number of carboxylic acids is 1. The summed E-state index contributed by atoms with van der Waals surface area (Å²) in [4.78, 5) is 16.0. The van der Waals surface area contributed by atoms with E-state index in [9.17, 15) is 9.90 Å². The summed E-state index contributed by atoms with van der Waals surface area (Å²) in [5.41, 5.74) is 2.60. The number of hydrogen-bond donors (Lipinski definition) is 1. The van der Waals surface area contributed by atoms with Crippen molar-refractivity contribution in [1.29, 1.82) is 0 Å². The third-order valence-electron chi connectivity index (χ3n) is 3.64. The molecule has 1 N–H and O–H groups in total. The van der Waals surface area contributed by atoms with Crippen LogP contribution in [0.15, 0.2) is 18.2 Å². The molecule has 0 fully saturated rings. The van der Waals surface area contributed by atoms with Crippen LogP contribution in [0.5, 0.6) is 5.75 Å². The monoisotopic (exact) mass is 319 g/mol. The number of carboxylic acid groups (broad SMARTS) is 1. The van der Waals surface area contributed by atoms with Gasteiger partial charge in [-0.15, -0.1) is 11.3 Å². The van der Waals surface area contributed by atoms with E-state index in [0.717, 1.165) is 22.7 Å². The van der Waals surface area contributed by atoms with Crippen LogP contribution in [0, 0.1) is 13.8 Å². The van der Waals surface area contributed by atoms with Gasteiger partial charge >= 0.3 is 5.97 Å². The number of nitrogens with zero attached hydrogens (tertiary/aromatic N) is 1. The van der Waals surface area contributed by atoms with E-state index in [2.05, 4.69) is 24.9 Å². The zero-order valence-corrected chi connectivity index (χ0v) is 14.4. The van der Waals surface area contributed by atoms with Gasteiger partial charge < -0.3 is 9.84 Å². The molecule has 0 saturated heterocycles. The van der Waals surface area contributed by atoms with Gasteiger partial charge in [-0.1, -0.05) is 31.5 Å². The lowest BCUT2D eigenvalue weighted by Gasteiger charge is -2.23. The smallest absolute Gasteiger partial charge is 0.347 e. The number of hydrogen-bond acceptors (Lipinski definition) is 4. The molecular weight excluding hydrogens is 298 g/mol. The van der Waals surface area contributed by atoms with Crippen LogP contribution < -0.4 is 4.74 Å². The molecule has 0 radical (unpaired) electrons. The maximum Gasteiger partial charge on any atom is 0.347 e. The molecule has 1 aromatic heterocycles. The second-order valence-electron chi connectivity index (χ2n) is 6.11. The zero-order chi connectivity index (χ0) is 16.5. The molecule has 1 aromatic carbocycles. The quantitative estimate of drug-likeness (QED) is 0.905. The van der Waals surface area contributed by atoms with Crippen LogP contribution >= 0.6 is 11.3 Å². The van der Waals surface area contributed by atoms with E-state index in [1.165, 1.54) is 16.9 Å². The summed E-state index contributed by atoms with van der Waals surface area (Å²) in [5.74, 6) is -0.0596. The van der Waals surface area contributed by atoms with Crippen LogP contribution in [-0.4, -0.2) is 23.2 Å². The van der Waals surface area contributed by atoms with E-state index in [1.807, 2.05) is 19.1 Å². The Hall–Kier alpha value is -1.88. The molecule has 0 spiro atoms. The van der Waals surface area contributed by atoms with Crippen molar-refractivity contribution in [3.05, 3.63) is 44.9 Å². The van der Waals surface area contributed by atoms with Crippen molar-refractivity contribution in [3.63, 3.8) is 0 Å². The first kappa shape index (κ1) is 16.5. The molecule has 0 aliphatic carbocycles. The van der Waals surface area contributed by atoms with Crippen molar-refractivity contribution in [3.8, 4) is 5.75 Å². The Bertz CT molecular complexity index is 704. The molecule has 5 heteroatoms. The molecule has 0 amide bonds. The average molecular weight is 319 g/mol. The SMILES string of the molecule is COc1ccc(C)cc1CC(C)(C)c1nc(C)c(C(=O)O)s1. The predicted octanol–water partition coefficient (Wildman–Crippen LogP) is 3.99. The Morgan fingerprint density at radius 2 is 2.05 bits per heavy atom. The number of aromatic carboxylic acids is 1. The Kier molecular flexibility index (Phi) is 4.56. The van der Waals surface area contributed by atoms with Gasteiger partial charge in [0.05, 0.1) is 17.8 Å². The van der Waals surface area contributed by atoms with Crippen LogP contribution in [0.2, 0.25) is 0 Å². The fourth-order valence-corrected chi connectivity index (χ4v) is 3.49. The van der Waals surface area contributed by atoms with E-state index in [1.54, 1.807) is 14.0 Å². The normalized spacial score (nSPS) is 11.5. The van der Waals surface area contributed by atoms with Crippen LogP contribution in [0.25, 0.3) is 0 Å². The number of aromatic nitrogens is 1. The zero-order valence-electron chi connectivity index (χ0n) is 13.6. The van der Waals surface area contributed by atoms with Crippen molar-refractivity contribution in [1.82, 2.24) is 4.98 Å². The third kappa shape index (κ3) is 3.30. The molecule has 2 aromatic rings. The van der Waals surface area contributed by atoms with Crippen molar-refractivity contribution in [2.24, 2.45) is 0 Å². The lowest BCUT2D eigenvalue weighted by molar-refractivity contribution is 0.0701. The van der Waals surface area contributed by atoms with Gasteiger partial charge in [0.15, 0.2) is 0 Å². The van der Waals surface area contributed by atoms with Crippen molar-refractivity contribution in [2.75, 3.05) is 7.11 Å². The van der Waals surface area contributed by atoms with E-state index >= 15 is 0 Å². The van der Waals surface area contributed by atoms with Gasteiger partial charge in [0, 0.05) is 5.41 Å². The van der Waals surface area contributed by atoms with Crippen LogP contribution in [0.4, 0.5) is 0 Å². The lowest BCUT2D eigenvalue weighted by atomic mass is 9.85. The van der Waals surface area contributed by atoms with Gasteiger partial charge in [0.25, 0.3) is 0 Å². The molecular formula is C17H21NO3S. The number of aryl methyl sites for hydroxylation is 2. The Labute approximate surface area is 134 Å². The Morgan fingerprint density at radius 1 is 1.36 bits per heavy atom. The molecule has 1 heterocycles. The number of benzene rings is 1. The Morgan fingerprint density at radius 3 is 2.59 bits per heavy atom. The first-order valence-electron chi connectivity index (χ1n) is 7.09. The number of methoxy groups -OCH3 is 1. The fraction of sp³-hybridized carbons (Fsp3) is 0.412. The summed E-state index contributed by atoms with van der Waals surface area (Å²) in [6.45, 7) is 7.95. The highest BCUT2D eigenvalue weighted by molar-refractivity contribution is 7.13. The highest BCUT2D eigenvalue weighted by Gasteiger charge is 2.28. The molecule has 118 valence electrons. The van der Waals surface area contributed by atoms with E-state index < -0.39 is 5.97 Å². The van der Waals surface area contributed by atoms with Gasteiger partial charge in [-0.3, -0.25) is 0 Å². The number of rotatable bonds is 5. The summed E-state index contributed by atoms with van der Waals surface area (Å²) in [6, 6.07) is 6.10. The largest absolute Gasteiger partial charge is 0.496 e. The highest BCUT2D eigenvalue weighted by Crippen LogP contribution is 2.35. The fourth-order valence-electron chi connectivity index (χ4n) is 2.48. The molecule has 0 aliphatic heterocycles. The number of thiazole rings is 1. The second-order valence-corrected chi connectivity index (χ2v) is 7.11. The third-order valence-corrected chi connectivity index (χ3v) is 5.15. The molecule has 0 unspecified atom stereocenters. The molecule has 22 heavy (non-hydrogen) atoms. The Balaban J connectivity index is 2.37. The molecule has 0 atom stereocenters. The molecule has 0 aliphatic rings. The predicted molar refractivity (Wildman–Crippen MR) is 88.3 cm³/mol. The van der Waals surface area contributed by atoms with Crippen LogP contribution in [0.3, 0.4) is 0 Å². The minimum absolute atomic E-state index is 0.260. The van der Waals surface area contributed by atoms with Gasteiger partial charge in [-0.05, 0) is 31.9 Å². The molecule has 4 nitrogen and oxygen atoms in total. The second kappa shape index (κ2) is 6.08. The van der Waals surface area contributed by atoms with Crippen molar-refractivity contribution < 1.29 is 14.6 Å². The van der Waals surface area contributed by atoms with Crippen LogP contribution in [-0.2, 0) is 11.8 Å². The topological polar surface area (TPSA) is 59.4 Å². The maximum absolute atomic E-state index is 11.2. The number of carbonyl (C=O) groups is 1. The minimum atomic E-state index is -0.912. The summed E-state index contributed by atoms with van der Waals surface area (Å²) < 4.78 is 5.44. The van der Waals surface area contributed by atoms with E-state index in [4.69, 9.17) is 4.74 Å². The van der Waals surface area contributed by atoms with Crippen LogP contribution in [0.1, 0.15) is 45.3 Å². The first-order valence-corrected chi connectivity index (χ1v) is 7.91. The summed E-state index contributed by atoms with van der Waals surface area (Å²) in [7, 11) is 1.66. The minimum Gasteiger partial charge on any atom is -0.496 e. The van der Waals surface area contributed by atoms with Crippen molar-refractivity contribution in [2.45, 2.75) is 39.5 Å². The highest BCUT2D eigenvalue weighted by atomic mass is 32.1. The molecule has 2 rings (SSSR count). The summed E-state index contributed by atoms with van der Waals surface area (Å²) in [5, 5.41) is 10.0. The van der Waals surface area contributed by atoms with Gasteiger partial charge in [0.2, 0.25) is 0 Å². The summed E-state index contributed by atoms with van der Waals surface area (Å²) >= 11 is 1.26. The number of ether oxygens (including phenoxy) is 1. The average Bonchev–Trinajstić information content (AvgIpc) is 2.82. The molecule has 0 bridgehead atoms. The van der Waals surface area contributed by atoms with E-state index in [0.29, 0.717) is 10.6 Å². The summed E-state index contributed by atoms with van der Waals surface area (Å²) in [6.07, 6.45) is 0.740.